The average Bonchev–Trinajstić information content (AvgIpc) is 3.03. The van der Waals surface area contributed by atoms with Crippen molar-refractivity contribution in [1.82, 2.24) is 14.9 Å². The monoisotopic (exact) mass is 304 g/mol. The number of hydrogen-bond donors (Lipinski definition) is 1. The number of thiophene rings is 1. The zero-order valence-electron chi connectivity index (χ0n) is 11.4. The maximum absolute atomic E-state index is 11.6. The molecule has 2 aromatic heterocycles. The molecule has 1 atom stereocenters. The molecule has 0 radical (unpaired) electrons. The Labute approximate surface area is 126 Å². The molecule has 0 amide bonds. The van der Waals surface area contributed by atoms with Gasteiger partial charge in [-0.3, -0.25) is 9.69 Å². The molecule has 1 saturated heterocycles. The summed E-state index contributed by atoms with van der Waals surface area (Å²) >= 11 is 1.53. The van der Waals surface area contributed by atoms with Gasteiger partial charge in [-0.15, -0.1) is 0 Å². The molecule has 1 aliphatic heterocycles. The summed E-state index contributed by atoms with van der Waals surface area (Å²) in [6.07, 6.45) is 3.44. The summed E-state index contributed by atoms with van der Waals surface area (Å²) in [4.78, 5) is 24.1. The van der Waals surface area contributed by atoms with Crippen molar-refractivity contribution in [2.24, 2.45) is 0 Å². The van der Waals surface area contributed by atoms with Crippen LogP contribution in [0.4, 0.5) is 5.95 Å². The van der Waals surface area contributed by atoms with Crippen LogP contribution in [0.5, 0.6) is 0 Å². The Morgan fingerprint density at radius 3 is 2.52 bits per heavy atom. The molecule has 2 aromatic rings. The van der Waals surface area contributed by atoms with E-state index in [0.29, 0.717) is 19.0 Å². The summed E-state index contributed by atoms with van der Waals surface area (Å²) < 4.78 is 0. The van der Waals surface area contributed by atoms with Crippen LogP contribution >= 0.6 is 11.3 Å². The van der Waals surface area contributed by atoms with Crippen molar-refractivity contribution in [3.05, 3.63) is 40.8 Å². The van der Waals surface area contributed by atoms with E-state index >= 15 is 0 Å². The molecule has 3 rings (SSSR count). The van der Waals surface area contributed by atoms with Gasteiger partial charge in [0.05, 0.1) is 0 Å². The van der Waals surface area contributed by atoms with Crippen LogP contribution in [0, 0.1) is 0 Å². The molecular weight excluding hydrogens is 288 g/mol. The van der Waals surface area contributed by atoms with Gasteiger partial charge in [0.2, 0.25) is 5.95 Å². The fourth-order valence-electron chi connectivity index (χ4n) is 2.57. The molecule has 1 aliphatic rings. The fraction of sp³-hybridized carbons (Fsp3) is 0.357. The van der Waals surface area contributed by atoms with Gasteiger partial charge in [0.25, 0.3) is 0 Å². The maximum atomic E-state index is 11.6. The number of carbonyl (C=O) groups is 1. The highest BCUT2D eigenvalue weighted by molar-refractivity contribution is 7.08. The molecule has 110 valence electrons. The van der Waals surface area contributed by atoms with Crippen molar-refractivity contribution >= 4 is 23.3 Å². The Kier molecular flexibility index (Phi) is 4.12. The molecule has 0 aromatic carbocycles. The van der Waals surface area contributed by atoms with E-state index in [9.17, 15) is 9.90 Å². The third-order valence-corrected chi connectivity index (χ3v) is 4.31. The van der Waals surface area contributed by atoms with Crippen molar-refractivity contribution in [2.45, 2.75) is 6.04 Å². The highest BCUT2D eigenvalue weighted by Gasteiger charge is 2.30. The van der Waals surface area contributed by atoms with E-state index in [2.05, 4.69) is 14.9 Å². The van der Waals surface area contributed by atoms with E-state index in [1.807, 2.05) is 21.7 Å². The van der Waals surface area contributed by atoms with E-state index < -0.39 is 12.0 Å². The predicted octanol–water partition coefficient (Wildman–Crippen LogP) is 1.49. The third kappa shape index (κ3) is 3.03. The molecule has 0 aliphatic carbocycles. The molecule has 1 N–H and O–H groups in total. The van der Waals surface area contributed by atoms with Crippen molar-refractivity contribution in [3.63, 3.8) is 0 Å². The van der Waals surface area contributed by atoms with Crippen LogP contribution < -0.4 is 4.90 Å². The number of rotatable bonds is 4. The molecule has 21 heavy (non-hydrogen) atoms. The highest BCUT2D eigenvalue weighted by Crippen LogP contribution is 2.25. The standard InChI is InChI=1S/C14H16N4O2S/c19-13(20)12(11-2-9-21-10-11)17-5-7-18(8-6-17)14-15-3-1-4-16-14/h1-4,9-10,12H,5-8H2,(H,19,20). The highest BCUT2D eigenvalue weighted by atomic mass is 32.1. The quantitative estimate of drug-likeness (QED) is 0.923. The first-order valence-corrected chi connectivity index (χ1v) is 7.71. The largest absolute Gasteiger partial charge is 0.480 e. The Morgan fingerprint density at radius 1 is 1.24 bits per heavy atom. The normalized spacial score (nSPS) is 17.6. The lowest BCUT2D eigenvalue weighted by Crippen LogP contribution is -2.49. The summed E-state index contributed by atoms with van der Waals surface area (Å²) in [6, 6.07) is 3.11. The molecule has 1 fully saturated rings. The molecule has 0 bridgehead atoms. The summed E-state index contributed by atoms with van der Waals surface area (Å²) in [5.41, 5.74) is 0.858. The first-order chi connectivity index (χ1) is 10.3. The van der Waals surface area contributed by atoms with E-state index in [1.54, 1.807) is 18.5 Å². The number of carboxylic acids is 1. The van der Waals surface area contributed by atoms with Crippen molar-refractivity contribution < 1.29 is 9.90 Å². The lowest BCUT2D eigenvalue weighted by atomic mass is 10.1. The van der Waals surface area contributed by atoms with Crippen LogP contribution in [0.2, 0.25) is 0 Å². The van der Waals surface area contributed by atoms with Gasteiger partial charge in [-0.25, -0.2) is 9.97 Å². The van der Waals surface area contributed by atoms with Crippen LogP contribution in [-0.2, 0) is 4.79 Å². The smallest absolute Gasteiger partial charge is 0.325 e. The fourth-order valence-corrected chi connectivity index (χ4v) is 3.25. The zero-order chi connectivity index (χ0) is 14.7. The second-order valence-electron chi connectivity index (χ2n) is 4.87. The lowest BCUT2D eigenvalue weighted by molar-refractivity contribution is -0.143. The van der Waals surface area contributed by atoms with Gasteiger partial charge >= 0.3 is 5.97 Å². The van der Waals surface area contributed by atoms with Crippen LogP contribution in [0.15, 0.2) is 35.3 Å². The number of piperazine rings is 1. The second kappa shape index (κ2) is 6.19. The minimum absolute atomic E-state index is 0.560. The van der Waals surface area contributed by atoms with Gasteiger partial charge in [-0.05, 0) is 28.5 Å². The summed E-state index contributed by atoms with van der Waals surface area (Å²) in [6.45, 7) is 2.84. The molecule has 0 saturated carbocycles. The number of anilines is 1. The summed E-state index contributed by atoms with van der Waals surface area (Å²) in [7, 11) is 0. The van der Waals surface area contributed by atoms with E-state index in [0.717, 1.165) is 18.7 Å². The summed E-state index contributed by atoms with van der Waals surface area (Å²) in [5.74, 6) is -0.0858. The molecule has 1 unspecified atom stereocenters. The third-order valence-electron chi connectivity index (χ3n) is 3.61. The first-order valence-electron chi connectivity index (χ1n) is 6.76. The minimum Gasteiger partial charge on any atom is -0.480 e. The lowest BCUT2D eigenvalue weighted by Gasteiger charge is -2.37. The number of aliphatic carboxylic acids is 1. The number of aromatic nitrogens is 2. The first kappa shape index (κ1) is 14.0. The number of hydrogen-bond acceptors (Lipinski definition) is 6. The van der Waals surface area contributed by atoms with Gasteiger partial charge in [-0.2, -0.15) is 11.3 Å². The van der Waals surface area contributed by atoms with E-state index in [4.69, 9.17) is 0 Å². The van der Waals surface area contributed by atoms with E-state index in [-0.39, 0.29) is 0 Å². The van der Waals surface area contributed by atoms with Crippen molar-refractivity contribution in [2.75, 3.05) is 31.1 Å². The van der Waals surface area contributed by atoms with Crippen molar-refractivity contribution in [3.8, 4) is 0 Å². The Morgan fingerprint density at radius 2 is 1.95 bits per heavy atom. The van der Waals surface area contributed by atoms with Gasteiger partial charge in [0, 0.05) is 38.6 Å². The topological polar surface area (TPSA) is 69.6 Å². The minimum atomic E-state index is -0.794. The zero-order valence-corrected chi connectivity index (χ0v) is 12.2. The van der Waals surface area contributed by atoms with E-state index in [1.165, 1.54) is 11.3 Å². The second-order valence-corrected chi connectivity index (χ2v) is 5.65. The van der Waals surface area contributed by atoms with Crippen LogP contribution in [0.3, 0.4) is 0 Å². The number of nitrogens with zero attached hydrogens (tertiary/aromatic N) is 4. The van der Waals surface area contributed by atoms with Gasteiger partial charge in [-0.1, -0.05) is 0 Å². The van der Waals surface area contributed by atoms with Gasteiger partial charge < -0.3 is 10.0 Å². The molecule has 7 heteroatoms. The molecule has 6 nitrogen and oxygen atoms in total. The molecule has 3 heterocycles. The average molecular weight is 304 g/mol. The predicted molar refractivity (Wildman–Crippen MR) is 80.5 cm³/mol. The maximum Gasteiger partial charge on any atom is 0.325 e. The molecule has 0 spiro atoms. The number of carboxylic acid groups (broad SMARTS) is 1. The Balaban J connectivity index is 1.68. The SMILES string of the molecule is O=C(O)C(c1ccsc1)N1CCN(c2ncccn2)CC1. The van der Waals surface area contributed by atoms with Gasteiger partial charge in [0.1, 0.15) is 6.04 Å². The van der Waals surface area contributed by atoms with Crippen molar-refractivity contribution in [1.29, 1.82) is 0 Å². The Bertz CT molecular complexity index is 582. The van der Waals surface area contributed by atoms with Crippen LogP contribution in [0.1, 0.15) is 11.6 Å². The van der Waals surface area contributed by atoms with Gasteiger partial charge in [0.15, 0.2) is 0 Å². The summed E-state index contributed by atoms with van der Waals surface area (Å²) in [5, 5.41) is 13.3. The molecular formula is C14H16N4O2S. The van der Waals surface area contributed by atoms with Crippen LogP contribution in [-0.4, -0.2) is 52.1 Å². The van der Waals surface area contributed by atoms with Crippen LogP contribution in [0.25, 0.3) is 0 Å². The Hall–Kier alpha value is -1.99.